The first kappa shape index (κ1) is 18.2. The average Bonchev–Trinajstić information content (AvgIpc) is 3.45. The Bertz CT molecular complexity index is 951. The van der Waals surface area contributed by atoms with Gasteiger partial charge in [0.25, 0.3) is 0 Å². The standard InChI is InChI=1S/C22H25NO3S/c1-22(19-11-12-19)13-21(24)23(16-22)14-17-7-5-6-8-18(17)15-27(25,26)20-9-3-2-4-10-20/h2-10,19H,11-16H2,1H3/t22-/m1/s1. The number of hydrogen-bond donors (Lipinski definition) is 0. The van der Waals surface area contributed by atoms with Crippen molar-refractivity contribution in [2.75, 3.05) is 6.54 Å². The third kappa shape index (κ3) is 3.79. The molecule has 1 aliphatic carbocycles. The van der Waals surface area contributed by atoms with Gasteiger partial charge in [0.05, 0.1) is 10.6 Å². The molecule has 4 nitrogen and oxygen atoms in total. The van der Waals surface area contributed by atoms with Gasteiger partial charge in [-0.15, -0.1) is 0 Å². The highest BCUT2D eigenvalue weighted by Crippen LogP contribution is 2.51. The summed E-state index contributed by atoms with van der Waals surface area (Å²) in [6.07, 6.45) is 3.06. The molecule has 0 aromatic heterocycles. The Hall–Kier alpha value is -2.14. The van der Waals surface area contributed by atoms with Gasteiger partial charge in [0.15, 0.2) is 9.84 Å². The predicted molar refractivity (Wildman–Crippen MR) is 105 cm³/mol. The minimum Gasteiger partial charge on any atom is -0.338 e. The van der Waals surface area contributed by atoms with Crippen LogP contribution < -0.4 is 0 Å². The number of amides is 1. The van der Waals surface area contributed by atoms with Crippen LogP contribution in [0.3, 0.4) is 0 Å². The van der Waals surface area contributed by atoms with Gasteiger partial charge in [-0.2, -0.15) is 0 Å². The van der Waals surface area contributed by atoms with Crippen LogP contribution in [0, 0.1) is 11.3 Å². The van der Waals surface area contributed by atoms with E-state index in [9.17, 15) is 13.2 Å². The van der Waals surface area contributed by atoms with Crippen molar-refractivity contribution >= 4 is 15.7 Å². The molecular weight excluding hydrogens is 358 g/mol. The van der Waals surface area contributed by atoms with E-state index in [1.54, 1.807) is 24.3 Å². The summed E-state index contributed by atoms with van der Waals surface area (Å²) >= 11 is 0. The van der Waals surface area contributed by atoms with Crippen molar-refractivity contribution in [1.29, 1.82) is 0 Å². The number of carbonyl (C=O) groups excluding carboxylic acids is 1. The van der Waals surface area contributed by atoms with Gasteiger partial charge in [-0.1, -0.05) is 49.4 Å². The molecule has 0 radical (unpaired) electrons. The summed E-state index contributed by atoms with van der Waals surface area (Å²) in [6.45, 7) is 3.48. The third-order valence-corrected chi connectivity index (χ3v) is 7.63. The minimum absolute atomic E-state index is 0.0465. The Morgan fingerprint density at radius 2 is 1.63 bits per heavy atom. The molecule has 1 heterocycles. The van der Waals surface area contributed by atoms with Crippen LogP contribution in [0.1, 0.15) is 37.3 Å². The number of benzene rings is 2. The van der Waals surface area contributed by atoms with E-state index in [1.165, 1.54) is 12.8 Å². The molecule has 1 amide bonds. The molecule has 0 spiro atoms. The zero-order chi connectivity index (χ0) is 19.1. The van der Waals surface area contributed by atoms with Crippen molar-refractivity contribution in [1.82, 2.24) is 4.90 Å². The van der Waals surface area contributed by atoms with Crippen LogP contribution in [-0.2, 0) is 26.9 Å². The van der Waals surface area contributed by atoms with Crippen LogP contribution in [0.2, 0.25) is 0 Å². The number of carbonyl (C=O) groups is 1. The van der Waals surface area contributed by atoms with E-state index >= 15 is 0 Å². The lowest BCUT2D eigenvalue weighted by Crippen LogP contribution is -2.28. The van der Waals surface area contributed by atoms with E-state index in [1.807, 2.05) is 35.2 Å². The smallest absolute Gasteiger partial charge is 0.223 e. The van der Waals surface area contributed by atoms with Crippen LogP contribution in [0.15, 0.2) is 59.5 Å². The van der Waals surface area contributed by atoms with E-state index in [4.69, 9.17) is 0 Å². The fourth-order valence-electron chi connectivity index (χ4n) is 4.21. The van der Waals surface area contributed by atoms with Crippen molar-refractivity contribution in [3.63, 3.8) is 0 Å². The molecule has 0 unspecified atom stereocenters. The van der Waals surface area contributed by atoms with Gasteiger partial charge >= 0.3 is 0 Å². The first-order valence-corrected chi connectivity index (χ1v) is 11.1. The fraction of sp³-hybridized carbons (Fsp3) is 0.409. The maximum absolute atomic E-state index is 12.8. The molecule has 1 aliphatic heterocycles. The van der Waals surface area contributed by atoms with E-state index < -0.39 is 9.84 Å². The van der Waals surface area contributed by atoms with Crippen molar-refractivity contribution in [3.8, 4) is 0 Å². The molecular formula is C22H25NO3S. The second-order valence-corrected chi connectivity index (χ2v) is 10.2. The molecule has 1 saturated heterocycles. The summed E-state index contributed by atoms with van der Waals surface area (Å²) in [5, 5.41) is 0. The first-order chi connectivity index (χ1) is 12.9. The third-order valence-electron chi connectivity index (χ3n) is 5.95. The van der Waals surface area contributed by atoms with Crippen LogP contribution in [0.25, 0.3) is 0 Å². The lowest BCUT2D eigenvalue weighted by molar-refractivity contribution is -0.128. The van der Waals surface area contributed by atoms with Gasteiger partial charge in [-0.25, -0.2) is 8.42 Å². The Labute approximate surface area is 161 Å². The average molecular weight is 384 g/mol. The maximum Gasteiger partial charge on any atom is 0.223 e. The van der Waals surface area contributed by atoms with E-state index in [-0.39, 0.29) is 17.1 Å². The van der Waals surface area contributed by atoms with Crippen molar-refractivity contribution < 1.29 is 13.2 Å². The molecule has 0 bridgehead atoms. The Morgan fingerprint density at radius 3 is 2.30 bits per heavy atom. The first-order valence-electron chi connectivity index (χ1n) is 9.50. The lowest BCUT2D eigenvalue weighted by atomic mass is 9.84. The zero-order valence-corrected chi connectivity index (χ0v) is 16.4. The number of hydrogen-bond acceptors (Lipinski definition) is 3. The molecule has 2 aliphatic rings. The van der Waals surface area contributed by atoms with Crippen molar-refractivity contribution in [3.05, 3.63) is 65.7 Å². The molecule has 2 aromatic carbocycles. The molecule has 27 heavy (non-hydrogen) atoms. The summed E-state index contributed by atoms with van der Waals surface area (Å²) in [6, 6.07) is 16.1. The van der Waals surface area contributed by atoms with Crippen LogP contribution >= 0.6 is 0 Å². The minimum atomic E-state index is -3.41. The highest BCUT2D eigenvalue weighted by atomic mass is 32.2. The summed E-state index contributed by atoms with van der Waals surface area (Å²) in [7, 11) is -3.41. The molecule has 2 aromatic rings. The van der Waals surface area contributed by atoms with Crippen molar-refractivity contribution in [2.45, 2.75) is 43.4 Å². The molecule has 2 fully saturated rings. The van der Waals surface area contributed by atoms with Gasteiger partial charge in [0.1, 0.15) is 0 Å². The highest BCUT2D eigenvalue weighted by molar-refractivity contribution is 7.90. The van der Waals surface area contributed by atoms with Gasteiger partial charge in [-0.05, 0) is 47.4 Å². The summed E-state index contributed by atoms with van der Waals surface area (Å²) in [5.41, 5.74) is 1.78. The molecule has 0 N–H and O–H groups in total. The van der Waals surface area contributed by atoms with Crippen LogP contribution in [0.4, 0.5) is 0 Å². The fourth-order valence-corrected chi connectivity index (χ4v) is 5.64. The summed E-state index contributed by atoms with van der Waals surface area (Å²) in [5.74, 6) is 0.806. The highest BCUT2D eigenvalue weighted by Gasteiger charge is 2.49. The monoisotopic (exact) mass is 383 g/mol. The Morgan fingerprint density at radius 1 is 1.00 bits per heavy atom. The topological polar surface area (TPSA) is 54.5 Å². The number of rotatable bonds is 6. The van der Waals surface area contributed by atoms with E-state index in [2.05, 4.69) is 6.92 Å². The van der Waals surface area contributed by atoms with Gasteiger partial charge in [0.2, 0.25) is 5.91 Å². The van der Waals surface area contributed by atoms with Crippen LogP contribution in [0.5, 0.6) is 0 Å². The zero-order valence-electron chi connectivity index (χ0n) is 15.6. The Balaban J connectivity index is 1.54. The maximum atomic E-state index is 12.8. The molecule has 1 atom stereocenters. The second kappa shape index (κ2) is 6.79. The summed E-state index contributed by atoms with van der Waals surface area (Å²) < 4.78 is 25.6. The summed E-state index contributed by atoms with van der Waals surface area (Å²) in [4.78, 5) is 14.8. The molecule has 5 heteroatoms. The number of sulfone groups is 1. The van der Waals surface area contributed by atoms with E-state index in [0.29, 0.717) is 23.8 Å². The predicted octanol–water partition coefficient (Wildman–Crippen LogP) is 3.81. The normalized spacial score (nSPS) is 23.0. The van der Waals surface area contributed by atoms with Gasteiger partial charge in [0, 0.05) is 19.5 Å². The molecule has 4 rings (SSSR count). The molecule has 1 saturated carbocycles. The largest absolute Gasteiger partial charge is 0.338 e. The number of nitrogens with zero attached hydrogens (tertiary/aromatic N) is 1. The lowest BCUT2D eigenvalue weighted by Gasteiger charge is -2.24. The van der Waals surface area contributed by atoms with Crippen LogP contribution in [-0.4, -0.2) is 25.8 Å². The second-order valence-electron chi connectivity index (χ2n) is 8.20. The van der Waals surface area contributed by atoms with Crippen molar-refractivity contribution in [2.24, 2.45) is 11.3 Å². The molecule has 142 valence electrons. The quantitative estimate of drug-likeness (QED) is 0.762. The SMILES string of the molecule is C[C@@]1(C2CC2)CC(=O)N(Cc2ccccc2CS(=O)(=O)c2ccccc2)C1. The Kier molecular flexibility index (Phi) is 4.58. The number of likely N-dealkylation sites (tertiary alicyclic amines) is 1. The van der Waals surface area contributed by atoms with Gasteiger partial charge in [-0.3, -0.25) is 4.79 Å². The van der Waals surface area contributed by atoms with E-state index in [0.717, 1.165) is 17.7 Å². The van der Waals surface area contributed by atoms with Gasteiger partial charge < -0.3 is 4.90 Å².